The van der Waals surface area contributed by atoms with E-state index in [1.807, 2.05) is 46.1 Å². The van der Waals surface area contributed by atoms with Crippen molar-refractivity contribution in [1.82, 2.24) is 0 Å². The smallest absolute Gasteiger partial charge is 0.0360 e. The number of rotatable bonds is 1. The molecule has 0 unspecified atom stereocenters. The van der Waals surface area contributed by atoms with Crippen LogP contribution in [-0.4, -0.2) is 14.1 Å². The second-order valence-electron chi connectivity index (χ2n) is 2.23. The molecule has 1 aromatic carbocycles. The molecule has 1 aromatic rings. The molecule has 0 aliphatic carbocycles. The van der Waals surface area contributed by atoms with Crippen LogP contribution in [0.2, 0.25) is 0 Å². The first-order valence-electron chi connectivity index (χ1n) is 4.03. The Hall–Kier alpha value is -0.980. The van der Waals surface area contributed by atoms with E-state index in [4.69, 9.17) is 0 Å². The maximum atomic E-state index is 2.08. The lowest BCUT2D eigenvalue weighted by atomic mass is 10.3. The van der Waals surface area contributed by atoms with Crippen molar-refractivity contribution in [2.45, 2.75) is 13.8 Å². The summed E-state index contributed by atoms with van der Waals surface area (Å²) in [5, 5.41) is 0. The molecule has 0 amide bonds. The lowest BCUT2D eigenvalue weighted by Crippen LogP contribution is -2.07. The van der Waals surface area contributed by atoms with E-state index in [-0.39, 0.29) is 0 Å². The fourth-order valence-corrected chi connectivity index (χ4v) is 0.726. The highest BCUT2D eigenvalue weighted by molar-refractivity contribution is 5.43. The van der Waals surface area contributed by atoms with Gasteiger partial charge in [-0.1, -0.05) is 32.0 Å². The minimum absolute atomic E-state index is 1.25. The number of para-hydroxylation sites is 1. The van der Waals surface area contributed by atoms with Crippen molar-refractivity contribution in [1.29, 1.82) is 0 Å². The van der Waals surface area contributed by atoms with E-state index in [1.165, 1.54) is 5.69 Å². The summed E-state index contributed by atoms with van der Waals surface area (Å²) >= 11 is 0. The summed E-state index contributed by atoms with van der Waals surface area (Å²) in [5.74, 6) is 0. The molecule has 1 heteroatoms. The quantitative estimate of drug-likeness (QED) is 0.596. The fraction of sp³-hybridized carbons (Fsp3) is 0.400. The first kappa shape index (κ1) is 10.0. The van der Waals surface area contributed by atoms with Crippen LogP contribution in [-0.2, 0) is 0 Å². The van der Waals surface area contributed by atoms with Crippen LogP contribution < -0.4 is 4.90 Å². The van der Waals surface area contributed by atoms with Crippen LogP contribution in [0.1, 0.15) is 13.8 Å². The van der Waals surface area contributed by atoms with Gasteiger partial charge in [-0.15, -0.1) is 0 Å². The van der Waals surface area contributed by atoms with Crippen LogP contribution in [0.4, 0.5) is 5.69 Å². The number of hydrogen-bond acceptors (Lipinski definition) is 1. The first-order chi connectivity index (χ1) is 5.30. The van der Waals surface area contributed by atoms with Gasteiger partial charge in [-0.05, 0) is 12.1 Å². The first-order valence-corrected chi connectivity index (χ1v) is 4.03. The average Bonchev–Trinajstić information content (AvgIpc) is 2.10. The van der Waals surface area contributed by atoms with Crippen LogP contribution in [0.3, 0.4) is 0 Å². The number of nitrogens with zero attached hydrogens (tertiary/aromatic N) is 1. The van der Waals surface area contributed by atoms with Gasteiger partial charge in [-0.2, -0.15) is 0 Å². The summed E-state index contributed by atoms with van der Waals surface area (Å²) in [6.07, 6.45) is 0. The van der Waals surface area contributed by atoms with Crippen LogP contribution >= 0.6 is 0 Å². The summed E-state index contributed by atoms with van der Waals surface area (Å²) < 4.78 is 0. The Kier molecular flexibility index (Phi) is 5.26. The van der Waals surface area contributed by atoms with E-state index < -0.39 is 0 Å². The predicted molar refractivity (Wildman–Crippen MR) is 52.1 cm³/mol. The third kappa shape index (κ3) is 3.66. The summed E-state index contributed by atoms with van der Waals surface area (Å²) in [6, 6.07) is 10.3. The van der Waals surface area contributed by atoms with Crippen LogP contribution in [0.25, 0.3) is 0 Å². The van der Waals surface area contributed by atoms with Gasteiger partial charge in [0.05, 0.1) is 0 Å². The molecule has 0 saturated heterocycles. The highest BCUT2D eigenvalue weighted by Crippen LogP contribution is 2.07. The normalized spacial score (nSPS) is 8.00. The third-order valence-electron chi connectivity index (χ3n) is 1.27. The summed E-state index contributed by atoms with van der Waals surface area (Å²) in [4.78, 5) is 2.08. The standard InChI is InChI=1S/C8H11N.C2H6/c1-9(2)8-6-4-3-5-7-8;1-2/h3-7H,1-2H3;1-2H3. The molecule has 0 heterocycles. The largest absolute Gasteiger partial charge is 0.378 e. The minimum atomic E-state index is 1.25. The van der Waals surface area contributed by atoms with Crippen LogP contribution in [0.5, 0.6) is 0 Å². The van der Waals surface area contributed by atoms with Crippen molar-refractivity contribution < 1.29 is 0 Å². The Morgan fingerprint density at radius 2 is 1.36 bits per heavy atom. The van der Waals surface area contributed by atoms with Gasteiger partial charge < -0.3 is 4.90 Å². The molecule has 0 atom stereocenters. The molecule has 0 aromatic heterocycles. The van der Waals surface area contributed by atoms with Crippen LogP contribution in [0, 0.1) is 0 Å². The zero-order valence-corrected chi connectivity index (χ0v) is 7.83. The molecule has 0 aliphatic rings. The molecule has 0 saturated carbocycles. The van der Waals surface area contributed by atoms with Gasteiger partial charge in [0.2, 0.25) is 0 Å². The van der Waals surface area contributed by atoms with Gasteiger partial charge in [0.25, 0.3) is 0 Å². The van der Waals surface area contributed by atoms with Crippen molar-refractivity contribution in [3.63, 3.8) is 0 Å². The molecule has 0 fully saturated rings. The Bertz CT molecular complexity index is 167. The summed E-state index contributed by atoms with van der Waals surface area (Å²) in [6.45, 7) is 4.00. The fourth-order valence-electron chi connectivity index (χ4n) is 0.726. The van der Waals surface area contributed by atoms with Gasteiger partial charge in [-0.25, -0.2) is 0 Å². The monoisotopic (exact) mass is 151 g/mol. The van der Waals surface area contributed by atoms with Crippen molar-refractivity contribution in [2.24, 2.45) is 0 Å². The minimum Gasteiger partial charge on any atom is -0.378 e. The molecule has 11 heavy (non-hydrogen) atoms. The average molecular weight is 151 g/mol. The third-order valence-corrected chi connectivity index (χ3v) is 1.27. The molecule has 0 spiro atoms. The molecular formula is C10H17N. The molecule has 1 nitrogen and oxygen atoms in total. The summed E-state index contributed by atoms with van der Waals surface area (Å²) in [5.41, 5.74) is 1.25. The maximum absolute atomic E-state index is 2.08. The number of hydrogen-bond donors (Lipinski definition) is 0. The van der Waals surface area contributed by atoms with E-state index in [1.54, 1.807) is 0 Å². The molecule has 0 aliphatic heterocycles. The zero-order valence-electron chi connectivity index (χ0n) is 7.83. The molecule has 1 rings (SSSR count). The van der Waals surface area contributed by atoms with E-state index >= 15 is 0 Å². The molecule has 62 valence electrons. The predicted octanol–water partition coefficient (Wildman–Crippen LogP) is 2.78. The highest BCUT2D eigenvalue weighted by atomic mass is 15.1. The molecule has 0 radical (unpaired) electrons. The van der Waals surface area contributed by atoms with Gasteiger partial charge in [-0.3, -0.25) is 0 Å². The van der Waals surface area contributed by atoms with Crippen molar-refractivity contribution in [3.8, 4) is 0 Å². The Balaban J connectivity index is 0.000000461. The SMILES string of the molecule is CC.CN(C)c1ccccc1. The van der Waals surface area contributed by atoms with Crippen molar-refractivity contribution >= 4 is 5.69 Å². The van der Waals surface area contributed by atoms with Gasteiger partial charge in [0.1, 0.15) is 0 Å². The van der Waals surface area contributed by atoms with Gasteiger partial charge in [0, 0.05) is 19.8 Å². The van der Waals surface area contributed by atoms with Crippen molar-refractivity contribution in [2.75, 3.05) is 19.0 Å². The Labute approximate surface area is 69.7 Å². The highest BCUT2D eigenvalue weighted by Gasteiger charge is 1.87. The van der Waals surface area contributed by atoms with Gasteiger partial charge in [0.15, 0.2) is 0 Å². The lowest BCUT2D eigenvalue weighted by molar-refractivity contribution is 1.13. The van der Waals surface area contributed by atoms with Crippen molar-refractivity contribution in [3.05, 3.63) is 30.3 Å². The van der Waals surface area contributed by atoms with Gasteiger partial charge >= 0.3 is 0 Å². The Morgan fingerprint density at radius 3 is 1.64 bits per heavy atom. The lowest BCUT2D eigenvalue weighted by Gasteiger charge is -2.10. The second kappa shape index (κ2) is 5.78. The second-order valence-corrected chi connectivity index (χ2v) is 2.23. The molecule has 0 N–H and O–H groups in total. The molecular weight excluding hydrogens is 134 g/mol. The number of anilines is 1. The van der Waals surface area contributed by atoms with E-state index in [0.717, 1.165) is 0 Å². The topological polar surface area (TPSA) is 3.24 Å². The zero-order chi connectivity index (χ0) is 8.69. The Morgan fingerprint density at radius 1 is 0.909 bits per heavy atom. The van der Waals surface area contributed by atoms with E-state index in [2.05, 4.69) is 17.0 Å². The van der Waals surface area contributed by atoms with E-state index in [9.17, 15) is 0 Å². The maximum Gasteiger partial charge on any atom is 0.0360 e. The summed E-state index contributed by atoms with van der Waals surface area (Å²) in [7, 11) is 4.07. The van der Waals surface area contributed by atoms with E-state index in [0.29, 0.717) is 0 Å². The molecule has 0 bridgehead atoms. The number of benzene rings is 1. The van der Waals surface area contributed by atoms with Crippen LogP contribution in [0.15, 0.2) is 30.3 Å².